The van der Waals surface area contributed by atoms with Crippen LogP contribution in [0.3, 0.4) is 0 Å². The zero-order valence-corrected chi connectivity index (χ0v) is 13.9. The van der Waals surface area contributed by atoms with E-state index in [1.165, 1.54) is 9.80 Å². The van der Waals surface area contributed by atoms with Gasteiger partial charge in [-0.3, -0.25) is 14.4 Å². The van der Waals surface area contributed by atoms with Crippen molar-refractivity contribution >= 4 is 17.8 Å². The summed E-state index contributed by atoms with van der Waals surface area (Å²) in [6.07, 6.45) is 1.74. The van der Waals surface area contributed by atoms with Gasteiger partial charge in [0.15, 0.2) is 5.82 Å². The number of hydrogen-bond acceptors (Lipinski definition) is 6. The lowest BCUT2D eigenvalue weighted by atomic mass is 9.98. The molecule has 1 atom stereocenters. The molecule has 1 aliphatic heterocycles. The predicted molar refractivity (Wildman–Crippen MR) is 81.9 cm³/mol. The average Bonchev–Trinajstić information content (AvgIpc) is 2.98. The molecule has 132 valence electrons. The number of aliphatic carboxylic acids is 1. The first-order chi connectivity index (χ1) is 11.4. The van der Waals surface area contributed by atoms with E-state index < -0.39 is 11.9 Å². The molecule has 0 saturated carbocycles. The minimum absolute atomic E-state index is 0.0615. The summed E-state index contributed by atoms with van der Waals surface area (Å²) in [6, 6.07) is 0. The van der Waals surface area contributed by atoms with E-state index in [-0.39, 0.29) is 31.3 Å². The first-order valence-electron chi connectivity index (χ1n) is 7.90. The Kier molecular flexibility index (Phi) is 5.88. The third kappa shape index (κ3) is 4.77. The van der Waals surface area contributed by atoms with Crippen molar-refractivity contribution < 1.29 is 24.0 Å². The molecule has 1 unspecified atom stereocenters. The van der Waals surface area contributed by atoms with Crippen molar-refractivity contribution in [2.24, 2.45) is 5.92 Å². The predicted octanol–water partition coefficient (Wildman–Crippen LogP) is 0.0922. The second-order valence-electron chi connectivity index (χ2n) is 6.00. The zero-order valence-electron chi connectivity index (χ0n) is 13.9. The van der Waals surface area contributed by atoms with Crippen LogP contribution in [0.4, 0.5) is 0 Å². The maximum absolute atomic E-state index is 12.3. The van der Waals surface area contributed by atoms with Gasteiger partial charge in [0.25, 0.3) is 0 Å². The number of carbonyl (C=O) groups is 3. The molecule has 0 aromatic carbocycles. The van der Waals surface area contributed by atoms with Gasteiger partial charge in [0.2, 0.25) is 17.7 Å². The van der Waals surface area contributed by atoms with Crippen LogP contribution < -0.4 is 0 Å². The Morgan fingerprint density at radius 2 is 2.17 bits per heavy atom. The summed E-state index contributed by atoms with van der Waals surface area (Å²) in [5.41, 5.74) is 0. The summed E-state index contributed by atoms with van der Waals surface area (Å²) in [4.78, 5) is 42.3. The molecule has 0 bridgehead atoms. The standard InChI is InChI=1S/C15H22N4O5/c1-10-16-12(24-17-10)5-6-13(20)18(2)9-14(21)19-7-3-4-11(8-19)15(22)23/h11H,3-9H2,1-2H3,(H,22,23). The van der Waals surface area contributed by atoms with Crippen LogP contribution in [0.1, 0.15) is 31.0 Å². The van der Waals surface area contributed by atoms with Crippen LogP contribution in [0, 0.1) is 12.8 Å². The number of piperidine rings is 1. The van der Waals surface area contributed by atoms with E-state index in [0.717, 1.165) is 0 Å². The SMILES string of the molecule is Cc1noc(CCC(=O)N(C)CC(=O)N2CCCC(C(=O)O)C2)n1. The van der Waals surface area contributed by atoms with E-state index in [9.17, 15) is 14.4 Å². The number of carbonyl (C=O) groups excluding carboxylic acids is 2. The Hall–Kier alpha value is -2.45. The Labute approximate surface area is 139 Å². The Balaban J connectivity index is 1.79. The van der Waals surface area contributed by atoms with Gasteiger partial charge in [-0.2, -0.15) is 4.98 Å². The molecule has 1 aliphatic rings. The topological polar surface area (TPSA) is 117 Å². The lowest BCUT2D eigenvalue weighted by Gasteiger charge is -2.32. The van der Waals surface area contributed by atoms with Crippen molar-refractivity contribution in [2.75, 3.05) is 26.7 Å². The molecule has 24 heavy (non-hydrogen) atoms. The van der Waals surface area contributed by atoms with E-state index in [1.54, 1.807) is 14.0 Å². The van der Waals surface area contributed by atoms with Crippen LogP contribution in [0.5, 0.6) is 0 Å². The Morgan fingerprint density at radius 1 is 1.42 bits per heavy atom. The minimum atomic E-state index is -0.883. The van der Waals surface area contributed by atoms with Crippen molar-refractivity contribution in [3.8, 4) is 0 Å². The molecule has 1 aromatic heterocycles. The van der Waals surface area contributed by atoms with Crippen LogP contribution in [0.2, 0.25) is 0 Å². The highest BCUT2D eigenvalue weighted by molar-refractivity contribution is 5.85. The number of carboxylic acids is 1. The number of likely N-dealkylation sites (tertiary alicyclic amines) is 1. The van der Waals surface area contributed by atoms with Gasteiger partial charge in [-0.05, 0) is 19.8 Å². The molecule has 1 aromatic rings. The van der Waals surface area contributed by atoms with Gasteiger partial charge < -0.3 is 19.4 Å². The molecule has 0 aliphatic carbocycles. The van der Waals surface area contributed by atoms with Crippen molar-refractivity contribution in [1.29, 1.82) is 0 Å². The number of carboxylic acid groups (broad SMARTS) is 1. The van der Waals surface area contributed by atoms with Crippen LogP contribution >= 0.6 is 0 Å². The summed E-state index contributed by atoms with van der Waals surface area (Å²) in [5.74, 6) is -0.937. The fourth-order valence-corrected chi connectivity index (χ4v) is 2.64. The lowest BCUT2D eigenvalue weighted by Crippen LogP contribution is -2.46. The number of amides is 2. The van der Waals surface area contributed by atoms with Crippen LogP contribution in [-0.2, 0) is 20.8 Å². The summed E-state index contributed by atoms with van der Waals surface area (Å²) in [5, 5.41) is 12.7. The summed E-state index contributed by atoms with van der Waals surface area (Å²) in [7, 11) is 1.55. The van der Waals surface area contributed by atoms with Gasteiger partial charge in [0.05, 0.1) is 12.5 Å². The van der Waals surface area contributed by atoms with Gasteiger partial charge in [0, 0.05) is 33.0 Å². The van der Waals surface area contributed by atoms with E-state index >= 15 is 0 Å². The van der Waals surface area contributed by atoms with Gasteiger partial charge >= 0.3 is 5.97 Å². The summed E-state index contributed by atoms with van der Waals surface area (Å²) < 4.78 is 4.94. The minimum Gasteiger partial charge on any atom is -0.481 e. The monoisotopic (exact) mass is 338 g/mol. The number of aromatic nitrogens is 2. The second-order valence-corrected chi connectivity index (χ2v) is 6.00. The number of likely N-dealkylation sites (N-methyl/N-ethyl adjacent to an activating group) is 1. The van der Waals surface area contributed by atoms with Crippen molar-refractivity contribution in [1.82, 2.24) is 19.9 Å². The van der Waals surface area contributed by atoms with Gasteiger partial charge in [-0.15, -0.1) is 0 Å². The van der Waals surface area contributed by atoms with Gasteiger partial charge in [-0.1, -0.05) is 5.16 Å². The number of rotatable bonds is 6. The molecule has 9 heteroatoms. The second kappa shape index (κ2) is 7.89. The first kappa shape index (κ1) is 17.9. The van der Waals surface area contributed by atoms with Gasteiger partial charge in [0.1, 0.15) is 0 Å². The van der Waals surface area contributed by atoms with E-state index in [2.05, 4.69) is 10.1 Å². The van der Waals surface area contributed by atoms with Gasteiger partial charge in [-0.25, -0.2) is 0 Å². The third-order valence-corrected chi connectivity index (χ3v) is 4.04. The van der Waals surface area contributed by atoms with Crippen LogP contribution in [0.15, 0.2) is 4.52 Å². The molecule has 1 saturated heterocycles. The smallest absolute Gasteiger partial charge is 0.308 e. The zero-order chi connectivity index (χ0) is 17.7. The molecule has 0 spiro atoms. The molecular weight excluding hydrogens is 316 g/mol. The molecule has 0 radical (unpaired) electrons. The Morgan fingerprint density at radius 3 is 2.79 bits per heavy atom. The Bertz CT molecular complexity index is 615. The molecule has 9 nitrogen and oxygen atoms in total. The fourth-order valence-electron chi connectivity index (χ4n) is 2.64. The number of hydrogen-bond donors (Lipinski definition) is 1. The molecule has 1 fully saturated rings. The van der Waals surface area contributed by atoms with E-state index in [1.807, 2.05) is 0 Å². The molecule has 2 heterocycles. The lowest BCUT2D eigenvalue weighted by molar-refractivity contribution is -0.147. The van der Waals surface area contributed by atoms with E-state index in [4.69, 9.17) is 9.63 Å². The van der Waals surface area contributed by atoms with E-state index in [0.29, 0.717) is 37.5 Å². The summed E-state index contributed by atoms with van der Waals surface area (Å²) in [6.45, 7) is 2.38. The molecule has 1 N–H and O–H groups in total. The number of aryl methyl sites for hydroxylation is 2. The van der Waals surface area contributed by atoms with Crippen molar-refractivity contribution in [3.63, 3.8) is 0 Å². The quantitative estimate of drug-likeness (QED) is 0.781. The highest BCUT2D eigenvalue weighted by Gasteiger charge is 2.28. The first-order valence-corrected chi connectivity index (χ1v) is 7.90. The fraction of sp³-hybridized carbons (Fsp3) is 0.667. The average molecular weight is 338 g/mol. The molecule has 2 rings (SSSR count). The highest BCUT2D eigenvalue weighted by atomic mass is 16.5. The summed E-state index contributed by atoms with van der Waals surface area (Å²) >= 11 is 0. The van der Waals surface area contributed by atoms with Crippen molar-refractivity contribution in [3.05, 3.63) is 11.7 Å². The normalized spacial score (nSPS) is 17.6. The van der Waals surface area contributed by atoms with Crippen molar-refractivity contribution in [2.45, 2.75) is 32.6 Å². The molecule has 2 amide bonds. The maximum Gasteiger partial charge on any atom is 0.308 e. The largest absolute Gasteiger partial charge is 0.481 e. The number of nitrogens with zero attached hydrogens (tertiary/aromatic N) is 4. The highest BCUT2D eigenvalue weighted by Crippen LogP contribution is 2.17. The maximum atomic E-state index is 12.3. The van der Waals surface area contributed by atoms with Crippen LogP contribution in [0.25, 0.3) is 0 Å². The molecular formula is C15H22N4O5. The van der Waals surface area contributed by atoms with Crippen LogP contribution in [-0.4, -0.2) is 69.5 Å². The third-order valence-electron chi connectivity index (χ3n) is 4.04.